The highest BCUT2D eigenvalue weighted by atomic mass is 79.9. The SMILES string of the molecule is COc1cc(C2C(C(=O)c3cc4cccc(OC)c4o3)=C(O)C(=O)N2CCN2CCOCC2)cc(Br)c1O. The summed E-state index contributed by atoms with van der Waals surface area (Å²) in [5.74, 6) is -1.48. The number of furan rings is 1. The maximum atomic E-state index is 13.9. The number of carbonyl (C=O) groups is 2. The van der Waals surface area contributed by atoms with Crippen molar-refractivity contribution in [2.45, 2.75) is 6.04 Å². The third-order valence-electron chi connectivity index (χ3n) is 6.85. The highest BCUT2D eigenvalue weighted by molar-refractivity contribution is 9.10. The number of aliphatic hydroxyl groups excluding tert-OH is 1. The van der Waals surface area contributed by atoms with E-state index in [-0.39, 0.29) is 29.4 Å². The Morgan fingerprint density at radius 2 is 1.82 bits per heavy atom. The summed E-state index contributed by atoms with van der Waals surface area (Å²) in [5.41, 5.74) is 0.745. The number of rotatable bonds is 8. The number of amides is 1. The van der Waals surface area contributed by atoms with Gasteiger partial charge in [0, 0.05) is 31.6 Å². The zero-order valence-corrected chi connectivity index (χ0v) is 22.5. The molecule has 0 saturated carbocycles. The second kappa shape index (κ2) is 10.7. The number of aliphatic hydroxyl groups is 1. The van der Waals surface area contributed by atoms with Gasteiger partial charge in [0.05, 0.1) is 43.5 Å². The summed E-state index contributed by atoms with van der Waals surface area (Å²) < 4.78 is 22.3. The van der Waals surface area contributed by atoms with Gasteiger partial charge in [-0.15, -0.1) is 0 Å². The van der Waals surface area contributed by atoms with Crippen LogP contribution in [0.3, 0.4) is 0 Å². The van der Waals surface area contributed by atoms with Crippen LogP contribution >= 0.6 is 15.9 Å². The molecular weight excluding hydrogens is 560 g/mol. The molecule has 1 saturated heterocycles. The molecule has 0 spiro atoms. The lowest BCUT2D eigenvalue weighted by Crippen LogP contribution is -2.43. The summed E-state index contributed by atoms with van der Waals surface area (Å²) in [5, 5.41) is 22.0. The molecule has 2 aromatic carbocycles. The number of ether oxygens (including phenoxy) is 3. The molecule has 11 heteroatoms. The Hall–Kier alpha value is -3.54. The first kappa shape index (κ1) is 26.1. The molecule has 2 aliphatic heterocycles. The van der Waals surface area contributed by atoms with E-state index in [0.717, 1.165) is 13.1 Å². The van der Waals surface area contributed by atoms with Crippen LogP contribution in [0, 0.1) is 0 Å². The van der Waals surface area contributed by atoms with Gasteiger partial charge in [-0.05, 0) is 45.8 Å². The van der Waals surface area contributed by atoms with E-state index in [0.29, 0.717) is 46.5 Å². The number of methoxy groups -OCH3 is 2. The average Bonchev–Trinajstić information content (AvgIpc) is 3.48. The highest BCUT2D eigenvalue weighted by Crippen LogP contribution is 2.44. The van der Waals surface area contributed by atoms with E-state index in [1.165, 1.54) is 19.1 Å². The van der Waals surface area contributed by atoms with Crippen LogP contribution in [0.2, 0.25) is 0 Å². The Morgan fingerprint density at radius 3 is 2.53 bits per heavy atom. The second-order valence-electron chi connectivity index (χ2n) is 8.99. The van der Waals surface area contributed by atoms with E-state index < -0.39 is 23.5 Å². The minimum absolute atomic E-state index is 0.0383. The number of Topliss-reactive ketones (excluding diaryl/α,β-unsaturated/α-hetero) is 1. The largest absolute Gasteiger partial charge is 0.503 e. The number of hydrogen-bond donors (Lipinski definition) is 2. The fraction of sp³-hybridized carbons (Fsp3) is 0.333. The summed E-state index contributed by atoms with van der Waals surface area (Å²) in [7, 11) is 2.91. The molecule has 200 valence electrons. The van der Waals surface area contributed by atoms with Crippen molar-refractivity contribution in [1.29, 1.82) is 0 Å². The fourth-order valence-corrected chi connectivity index (χ4v) is 5.35. The number of phenols is 1. The molecule has 3 aromatic rings. The number of aromatic hydroxyl groups is 1. The van der Waals surface area contributed by atoms with Gasteiger partial charge < -0.3 is 33.7 Å². The first-order valence-corrected chi connectivity index (χ1v) is 12.8. The summed E-state index contributed by atoms with van der Waals surface area (Å²) in [6, 6.07) is 9.03. The molecule has 1 amide bonds. The van der Waals surface area contributed by atoms with Crippen molar-refractivity contribution in [3.63, 3.8) is 0 Å². The van der Waals surface area contributed by atoms with Crippen LogP contribution in [-0.4, -0.2) is 85.3 Å². The number of phenolic OH excluding ortho intramolecular Hbond substituents is 1. The van der Waals surface area contributed by atoms with Crippen LogP contribution in [0.25, 0.3) is 11.0 Å². The number of benzene rings is 2. The minimum atomic E-state index is -0.947. The smallest absolute Gasteiger partial charge is 0.290 e. The zero-order chi connectivity index (χ0) is 27.0. The Bertz CT molecular complexity index is 1430. The molecule has 2 aliphatic rings. The third kappa shape index (κ3) is 4.61. The Labute approximate surface area is 227 Å². The van der Waals surface area contributed by atoms with Crippen molar-refractivity contribution in [3.05, 3.63) is 63.5 Å². The number of para-hydroxylation sites is 1. The Kier molecular flexibility index (Phi) is 7.33. The molecular formula is C27H27BrN2O8. The predicted molar refractivity (Wildman–Crippen MR) is 141 cm³/mol. The third-order valence-corrected chi connectivity index (χ3v) is 7.45. The van der Waals surface area contributed by atoms with Gasteiger partial charge >= 0.3 is 0 Å². The molecule has 1 atom stereocenters. The number of halogens is 1. The minimum Gasteiger partial charge on any atom is -0.503 e. The molecule has 5 rings (SSSR count). The normalized spacial score (nSPS) is 18.4. The van der Waals surface area contributed by atoms with Crippen LogP contribution in [0.1, 0.15) is 22.2 Å². The van der Waals surface area contributed by atoms with Crippen molar-refractivity contribution < 1.29 is 38.4 Å². The van der Waals surface area contributed by atoms with Crippen molar-refractivity contribution in [2.24, 2.45) is 0 Å². The van der Waals surface area contributed by atoms with Crippen LogP contribution in [-0.2, 0) is 9.53 Å². The van der Waals surface area contributed by atoms with E-state index >= 15 is 0 Å². The molecule has 1 unspecified atom stereocenters. The summed E-state index contributed by atoms with van der Waals surface area (Å²) >= 11 is 3.33. The number of morpholine rings is 1. The van der Waals surface area contributed by atoms with Gasteiger partial charge in [0.1, 0.15) is 0 Å². The maximum absolute atomic E-state index is 13.9. The summed E-state index contributed by atoms with van der Waals surface area (Å²) in [6.07, 6.45) is 0. The summed E-state index contributed by atoms with van der Waals surface area (Å²) in [6.45, 7) is 3.41. The first-order chi connectivity index (χ1) is 18.3. The zero-order valence-electron chi connectivity index (χ0n) is 20.9. The van der Waals surface area contributed by atoms with Crippen molar-refractivity contribution in [1.82, 2.24) is 9.80 Å². The average molecular weight is 587 g/mol. The summed E-state index contributed by atoms with van der Waals surface area (Å²) in [4.78, 5) is 30.8. The molecule has 0 bridgehead atoms. The van der Waals surface area contributed by atoms with Gasteiger partial charge in [-0.25, -0.2) is 0 Å². The van der Waals surface area contributed by atoms with E-state index in [2.05, 4.69) is 20.8 Å². The maximum Gasteiger partial charge on any atom is 0.290 e. The first-order valence-electron chi connectivity index (χ1n) is 12.1. The second-order valence-corrected chi connectivity index (χ2v) is 9.84. The van der Waals surface area contributed by atoms with E-state index in [1.54, 1.807) is 36.4 Å². The van der Waals surface area contributed by atoms with Crippen LogP contribution in [0.5, 0.6) is 17.2 Å². The lowest BCUT2D eigenvalue weighted by atomic mass is 9.94. The molecule has 0 radical (unpaired) electrons. The lowest BCUT2D eigenvalue weighted by Gasteiger charge is -2.31. The van der Waals surface area contributed by atoms with Crippen molar-refractivity contribution in [3.8, 4) is 17.2 Å². The molecule has 1 aromatic heterocycles. The van der Waals surface area contributed by atoms with Gasteiger partial charge in [-0.1, -0.05) is 12.1 Å². The molecule has 0 aliphatic carbocycles. The number of hydrogen-bond acceptors (Lipinski definition) is 9. The number of nitrogens with zero attached hydrogens (tertiary/aromatic N) is 2. The number of fused-ring (bicyclic) bond motifs is 1. The number of ketones is 1. The molecule has 10 nitrogen and oxygen atoms in total. The van der Waals surface area contributed by atoms with Gasteiger partial charge in [-0.3, -0.25) is 14.5 Å². The quantitative estimate of drug-likeness (QED) is 0.379. The Morgan fingerprint density at radius 1 is 1.08 bits per heavy atom. The van der Waals surface area contributed by atoms with E-state index in [4.69, 9.17) is 18.6 Å². The predicted octanol–water partition coefficient (Wildman–Crippen LogP) is 3.83. The van der Waals surface area contributed by atoms with Gasteiger partial charge in [-0.2, -0.15) is 0 Å². The topological polar surface area (TPSA) is 122 Å². The van der Waals surface area contributed by atoms with Crippen LogP contribution in [0.15, 0.2) is 56.6 Å². The molecule has 2 N–H and O–H groups in total. The van der Waals surface area contributed by atoms with Crippen molar-refractivity contribution in [2.75, 3.05) is 53.6 Å². The Balaban J connectivity index is 1.57. The highest BCUT2D eigenvalue weighted by Gasteiger charge is 2.45. The van der Waals surface area contributed by atoms with Crippen molar-refractivity contribution >= 4 is 38.6 Å². The van der Waals surface area contributed by atoms with E-state index in [9.17, 15) is 19.8 Å². The lowest BCUT2D eigenvalue weighted by molar-refractivity contribution is -0.129. The molecule has 38 heavy (non-hydrogen) atoms. The van der Waals surface area contributed by atoms with Gasteiger partial charge in [0.2, 0.25) is 5.78 Å². The molecule has 1 fully saturated rings. The van der Waals surface area contributed by atoms with E-state index in [1.807, 2.05) is 0 Å². The van der Waals surface area contributed by atoms with Crippen LogP contribution in [0.4, 0.5) is 0 Å². The van der Waals surface area contributed by atoms with Gasteiger partial charge in [0.25, 0.3) is 5.91 Å². The molecule has 3 heterocycles. The fourth-order valence-electron chi connectivity index (χ4n) is 4.89. The van der Waals surface area contributed by atoms with Gasteiger partial charge in [0.15, 0.2) is 34.4 Å². The number of carbonyl (C=O) groups excluding carboxylic acids is 2. The standard InChI is InChI=1S/C27H27BrN2O8/c1-35-18-5-3-4-15-13-20(38-26(15)18)24(32)21-22(16-12-17(28)23(31)19(14-16)36-2)30(27(34)25(21)33)7-6-29-8-10-37-11-9-29/h3-5,12-14,22,31,33H,6-11H2,1-2H3. The monoisotopic (exact) mass is 586 g/mol. The van der Waals surface area contributed by atoms with Crippen LogP contribution < -0.4 is 9.47 Å².